The first kappa shape index (κ1) is 13.1. The highest BCUT2D eigenvalue weighted by Crippen LogP contribution is 2.25. The van der Waals surface area contributed by atoms with E-state index in [1.54, 1.807) is 7.11 Å². The SMILES string of the molecule is COc1cc(N2CCC(C(=O)NC3CC3)CC2)ncn1. The largest absolute Gasteiger partial charge is 0.481 e. The summed E-state index contributed by atoms with van der Waals surface area (Å²) in [6.07, 6.45) is 5.56. The van der Waals surface area contributed by atoms with E-state index in [4.69, 9.17) is 4.74 Å². The molecule has 1 saturated carbocycles. The van der Waals surface area contributed by atoms with Crippen molar-refractivity contribution in [2.45, 2.75) is 31.7 Å². The number of ether oxygens (including phenoxy) is 1. The Morgan fingerprint density at radius 2 is 2.05 bits per heavy atom. The van der Waals surface area contributed by atoms with Crippen molar-refractivity contribution >= 4 is 11.7 Å². The Morgan fingerprint density at radius 3 is 2.70 bits per heavy atom. The van der Waals surface area contributed by atoms with Gasteiger partial charge in [-0.15, -0.1) is 0 Å². The topological polar surface area (TPSA) is 67.3 Å². The molecular formula is C14H20N4O2. The van der Waals surface area contributed by atoms with E-state index in [-0.39, 0.29) is 11.8 Å². The molecule has 1 saturated heterocycles. The summed E-state index contributed by atoms with van der Waals surface area (Å²) in [5, 5.41) is 3.09. The van der Waals surface area contributed by atoms with E-state index in [2.05, 4.69) is 20.2 Å². The van der Waals surface area contributed by atoms with E-state index < -0.39 is 0 Å². The van der Waals surface area contributed by atoms with Crippen LogP contribution in [0.25, 0.3) is 0 Å². The molecule has 2 fully saturated rings. The molecule has 1 aromatic rings. The molecule has 1 aromatic heterocycles. The van der Waals surface area contributed by atoms with Crippen molar-refractivity contribution in [1.29, 1.82) is 0 Å². The van der Waals surface area contributed by atoms with Crippen molar-refractivity contribution in [3.05, 3.63) is 12.4 Å². The third-order valence-electron chi connectivity index (χ3n) is 3.95. The first-order valence-corrected chi connectivity index (χ1v) is 7.17. The van der Waals surface area contributed by atoms with Gasteiger partial charge in [-0.05, 0) is 25.7 Å². The fourth-order valence-corrected chi connectivity index (χ4v) is 2.53. The zero-order valence-corrected chi connectivity index (χ0v) is 11.7. The summed E-state index contributed by atoms with van der Waals surface area (Å²) < 4.78 is 5.11. The number of carbonyl (C=O) groups excluding carboxylic acids is 1. The van der Waals surface area contributed by atoms with Crippen LogP contribution in [0.15, 0.2) is 12.4 Å². The first-order valence-electron chi connectivity index (χ1n) is 7.17. The van der Waals surface area contributed by atoms with Gasteiger partial charge in [0.15, 0.2) is 0 Å². The molecule has 0 aromatic carbocycles. The molecule has 1 N–H and O–H groups in total. The molecule has 108 valence electrons. The predicted molar refractivity (Wildman–Crippen MR) is 74.7 cm³/mol. The zero-order chi connectivity index (χ0) is 13.9. The second-order valence-corrected chi connectivity index (χ2v) is 5.46. The highest BCUT2D eigenvalue weighted by atomic mass is 16.5. The summed E-state index contributed by atoms with van der Waals surface area (Å²) in [6.45, 7) is 1.70. The lowest BCUT2D eigenvalue weighted by molar-refractivity contribution is -0.125. The van der Waals surface area contributed by atoms with Crippen molar-refractivity contribution < 1.29 is 9.53 Å². The molecule has 2 aliphatic rings. The summed E-state index contributed by atoms with van der Waals surface area (Å²) in [7, 11) is 1.60. The van der Waals surface area contributed by atoms with Crippen molar-refractivity contribution in [2.75, 3.05) is 25.1 Å². The minimum atomic E-state index is 0.149. The van der Waals surface area contributed by atoms with Crippen LogP contribution in [0.4, 0.5) is 5.82 Å². The van der Waals surface area contributed by atoms with Gasteiger partial charge in [0.25, 0.3) is 0 Å². The number of nitrogens with one attached hydrogen (secondary N) is 1. The Balaban J connectivity index is 1.55. The summed E-state index contributed by atoms with van der Waals surface area (Å²) in [4.78, 5) is 22.5. The average molecular weight is 276 g/mol. The van der Waals surface area contributed by atoms with Crippen LogP contribution in [0, 0.1) is 5.92 Å². The number of hydrogen-bond acceptors (Lipinski definition) is 5. The number of rotatable bonds is 4. The molecule has 0 unspecified atom stereocenters. The number of amides is 1. The van der Waals surface area contributed by atoms with Gasteiger partial charge >= 0.3 is 0 Å². The number of piperidine rings is 1. The molecule has 2 heterocycles. The fourth-order valence-electron chi connectivity index (χ4n) is 2.53. The van der Waals surface area contributed by atoms with Gasteiger partial charge in [0.05, 0.1) is 7.11 Å². The maximum atomic E-state index is 12.0. The predicted octanol–water partition coefficient (Wildman–Crippen LogP) is 0.980. The monoisotopic (exact) mass is 276 g/mol. The van der Waals surface area contributed by atoms with Crippen LogP contribution in [0.5, 0.6) is 5.88 Å². The van der Waals surface area contributed by atoms with Gasteiger partial charge in [0.2, 0.25) is 11.8 Å². The molecule has 1 aliphatic carbocycles. The Morgan fingerprint density at radius 1 is 1.30 bits per heavy atom. The van der Waals surface area contributed by atoms with Crippen LogP contribution >= 0.6 is 0 Å². The van der Waals surface area contributed by atoms with Crippen LogP contribution in [0.1, 0.15) is 25.7 Å². The molecule has 1 amide bonds. The minimum absolute atomic E-state index is 0.149. The standard InChI is InChI=1S/C14H20N4O2/c1-20-13-8-12(15-9-16-13)18-6-4-10(5-7-18)14(19)17-11-2-3-11/h8-11H,2-7H2,1H3,(H,17,19). The van der Waals surface area contributed by atoms with Crippen molar-refractivity contribution in [3.8, 4) is 5.88 Å². The Bertz CT molecular complexity index is 482. The quantitative estimate of drug-likeness (QED) is 0.888. The smallest absolute Gasteiger partial charge is 0.223 e. The summed E-state index contributed by atoms with van der Waals surface area (Å²) >= 11 is 0. The first-order chi connectivity index (χ1) is 9.76. The fraction of sp³-hybridized carbons (Fsp3) is 0.643. The van der Waals surface area contributed by atoms with E-state index in [0.29, 0.717) is 11.9 Å². The van der Waals surface area contributed by atoms with Gasteiger partial charge < -0.3 is 15.0 Å². The molecule has 20 heavy (non-hydrogen) atoms. The second-order valence-electron chi connectivity index (χ2n) is 5.46. The lowest BCUT2D eigenvalue weighted by atomic mass is 9.96. The molecule has 0 bridgehead atoms. The summed E-state index contributed by atoms with van der Waals surface area (Å²) in [5.74, 6) is 1.82. The van der Waals surface area contributed by atoms with Gasteiger partial charge in [0.1, 0.15) is 12.1 Å². The summed E-state index contributed by atoms with van der Waals surface area (Å²) in [5.41, 5.74) is 0. The number of aromatic nitrogens is 2. The van der Waals surface area contributed by atoms with Crippen molar-refractivity contribution in [2.24, 2.45) is 5.92 Å². The second kappa shape index (κ2) is 5.64. The number of methoxy groups -OCH3 is 1. The maximum absolute atomic E-state index is 12.0. The molecule has 1 aliphatic heterocycles. The Labute approximate surface area is 118 Å². The highest BCUT2D eigenvalue weighted by molar-refractivity contribution is 5.79. The van der Waals surface area contributed by atoms with Crippen LogP contribution in [0.2, 0.25) is 0 Å². The number of anilines is 1. The summed E-state index contributed by atoms with van der Waals surface area (Å²) in [6, 6.07) is 2.29. The van der Waals surface area contributed by atoms with E-state index in [9.17, 15) is 4.79 Å². The molecule has 3 rings (SSSR count). The molecule has 0 radical (unpaired) electrons. The molecule has 6 heteroatoms. The third-order valence-corrected chi connectivity index (χ3v) is 3.95. The average Bonchev–Trinajstić information content (AvgIpc) is 3.31. The Kier molecular flexibility index (Phi) is 3.71. The van der Waals surface area contributed by atoms with E-state index in [1.807, 2.05) is 6.07 Å². The number of nitrogens with zero attached hydrogens (tertiary/aromatic N) is 3. The van der Waals surface area contributed by atoms with Crippen molar-refractivity contribution in [1.82, 2.24) is 15.3 Å². The van der Waals surface area contributed by atoms with Crippen molar-refractivity contribution in [3.63, 3.8) is 0 Å². The third kappa shape index (κ3) is 3.00. The maximum Gasteiger partial charge on any atom is 0.223 e. The number of carbonyl (C=O) groups is 1. The molecular weight excluding hydrogens is 256 g/mol. The van der Waals surface area contributed by atoms with E-state index in [0.717, 1.165) is 44.6 Å². The molecule has 0 spiro atoms. The molecule has 6 nitrogen and oxygen atoms in total. The lowest BCUT2D eigenvalue weighted by Gasteiger charge is -2.32. The van der Waals surface area contributed by atoms with Gasteiger partial charge in [0, 0.05) is 31.1 Å². The zero-order valence-electron chi connectivity index (χ0n) is 11.7. The van der Waals surface area contributed by atoms with E-state index >= 15 is 0 Å². The van der Waals surface area contributed by atoms with Gasteiger partial charge in [-0.2, -0.15) is 0 Å². The van der Waals surface area contributed by atoms with Gasteiger partial charge in [-0.3, -0.25) is 4.79 Å². The number of hydrogen-bond donors (Lipinski definition) is 1. The van der Waals surface area contributed by atoms with Crippen LogP contribution in [-0.2, 0) is 4.79 Å². The molecule has 0 atom stereocenters. The van der Waals surface area contributed by atoms with Crippen LogP contribution < -0.4 is 15.0 Å². The van der Waals surface area contributed by atoms with Crippen LogP contribution in [-0.4, -0.2) is 42.1 Å². The highest BCUT2D eigenvalue weighted by Gasteiger charge is 2.30. The van der Waals surface area contributed by atoms with Gasteiger partial charge in [-0.1, -0.05) is 0 Å². The lowest BCUT2D eigenvalue weighted by Crippen LogP contribution is -2.41. The normalized spacial score (nSPS) is 19.8. The van der Waals surface area contributed by atoms with E-state index in [1.165, 1.54) is 6.33 Å². The Hall–Kier alpha value is -1.85. The van der Waals surface area contributed by atoms with Crippen LogP contribution in [0.3, 0.4) is 0 Å². The van der Waals surface area contributed by atoms with Gasteiger partial charge in [-0.25, -0.2) is 9.97 Å². The minimum Gasteiger partial charge on any atom is -0.481 e.